The van der Waals surface area contributed by atoms with Gasteiger partial charge in [-0.25, -0.2) is 4.98 Å². The first-order valence-corrected chi connectivity index (χ1v) is 6.47. The lowest BCUT2D eigenvalue weighted by Crippen LogP contribution is -2.30. The fourth-order valence-electron chi connectivity index (χ4n) is 1.33. The summed E-state index contributed by atoms with van der Waals surface area (Å²) in [6.45, 7) is 7.75. The maximum absolute atomic E-state index is 4.95. The van der Waals surface area contributed by atoms with Crippen LogP contribution in [0.4, 0.5) is 0 Å². The molecule has 1 aromatic heterocycles. The molecule has 0 amide bonds. The Hall–Kier alpha value is -0.490. The first-order chi connectivity index (χ1) is 7.74. The minimum absolute atomic E-state index is 0.336. The van der Waals surface area contributed by atoms with E-state index in [0.29, 0.717) is 6.04 Å². The van der Waals surface area contributed by atoms with E-state index in [1.807, 2.05) is 6.92 Å². The molecule has 4 nitrogen and oxygen atoms in total. The molecule has 1 rings (SSSR count). The van der Waals surface area contributed by atoms with Crippen molar-refractivity contribution in [1.82, 2.24) is 15.6 Å². The van der Waals surface area contributed by atoms with Crippen molar-refractivity contribution in [3.05, 3.63) is 16.1 Å². The van der Waals surface area contributed by atoms with Crippen molar-refractivity contribution >= 4 is 11.3 Å². The Morgan fingerprint density at radius 3 is 2.88 bits per heavy atom. The van der Waals surface area contributed by atoms with Gasteiger partial charge in [-0.05, 0) is 13.8 Å². The number of nitrogens with zero attached hydrogens (tertiary/aromatic N) is 1. The van der Waals surface area contributed by atoms with Crippen molar-refractivity contribution in [2.24, 2.45) is 0 Å². The van der Waals surface area contributed by atoms with Gasteiger partial charge in [0.2, 0.25) is 0 Å². The summed E-state index contributed by atoms with van der Waals surface area (Å²) in [7, 11) is 1.72. The summed E-state index contributed by atoms with van der Waals surface area (Å²) in [5.74, 6) is 0. The lowest BCUT2D eigenvalue weighted by Gasteiger charge is -2.11. The Bertz CT molecular complexity index is 291. The number of methoxy groups -OCH3 is 1. The lowest BCUT2D eigenvalue weighted by molar-refractivity contribution is 0.199. The molecule has 1 aromatic rings. The maximum atomic E-state index is 4.95. The van der Waals surface area contributed by atoms with Crippen LogP contribution in [-0.2, 0) is 4.74 Å². The Balaban J connectivity index is 2.09. The third kappa shape index (κ3) is 5.03. The van der Waals surface area contributed by atoms with Crippen LogP contribution in [0.3, 0.4) is 0 Å². The number of nitrogens with one attached hydrogen (secondary N) is 2. The van der Waals surface area contributed by atoms with Crippen molar-refractivity contribution in [2.45, 2.75) is 19.9 Å². The van der Waals surface area contributed by atoms with Gasteiger partial charge in [0.05, 0.1) is 12.6 Å². The molecule has 0 saturated heterocycles. The average Bonchev–Trinajstić information content (AvgIpc) is 2.70. The van der Waals surface area contributed by atoms with Gasteiger partial charge in [-0.1, -0.05) is 0 Å². The second-order valence-corrected chi connectivity index (χ2v) is 4.64. The summed E-state index contributed by atoms with van der Waals surface area (Å²) in [6.07, 6.45) is 0. The molecular formula is C11H21N3OS. The van der Waals surface area contributed by atoms with Crippen molar-refractivity contribution in [3.8, 4) is 0 Å². The van der Waals surface area contributed by atoms with Crippen molar-refractivity contribution in [2.75, 3.05) is 33.4 Å². The number of thiazole rings is 1. The molecule has 0 aliphatic rings. The van der Waals surface area contributed by atoms with Crippen LogP contribution in [-0.4, -0.2) is 38.3 Å². The molecule has 0 fully saturated rings. The first kappa shape index (κ1) is 13.6. The van der Waals surface area contributed by atoms with E-state index in [1.54, 1.807) is 18.4 Å². The molecule has 5 heteroatoms. The summed E-state index contributed by atoms with van der Waals surface area (Å²) < 4.78 is 4.95. The van der Waals surface area contributed by atoms with Crippen LogP contribution in [0, 0.1) is 6.92 Å². The fraction of sp³-hybridized carbons (Fsp3) is 0.727. The lowest BCUT2D eigenvalue weighted by atomic mass is 10.3. The van der Waals surface area contributed by atoms with E-state index >= 15 is 0 Å². The zero-order valence-electron chi connectivity index (χ0n) is 10.2. The van der Waals surface area contributed by atoms with Crippen molar-refractivity contribution in [1.29, 1.82) is 0 Å². The molecule has 92 valence electrons. The maximum Gasteiger partial charge on any atom is 0.110 e. The van der Waals surface area contributed by atoms with Crippen LogP contribution >= 0.6 is 11.3 Å². The highest BCUT2D eigenvalue weighted by molar-refractivity contribution is 7.09. The summed E-state index contributed by atoms with van der Waals surface area (Å²) in [6, 6.07) is 0.336. The molecule has 0 saturated carbocycles. The molecule has 2 N–H and O–H groups in total. The predicted octanol–water partition coefficient (Wildman–Crippen LogP) is 1.34. The molecule has 0 aromatic carbocycles. The van der Waals surface area contributed by atoms with E-state index in [4.69, 9.17) is 4.74 Å². The number of aromatic nitrogens is 1. The van der Waals surface area contributed by atoms with E-state index in [1.165, 1.54) is 0 Å². The molecule has 1 heterocycles. The number of hydrogen-bond acceptors (Lipinski definition) is 5. The van der Waals surface area contributed by atoms with Crippen molar-refractivity contribution in [3.63, 3.8) is 0 Å². The summed E-state index contributed by atoms with van der Waals surface area (Å²) in [5, 5.41) is 9.98. The summed E-state index contributed by atoms with van der Waals surface area (Å²) in [4.78, 5) is 4.45. The van der Waals surface area contributed by atoms with Crippen LogP contribution < -0.4 is 10.6 Å². The largest absolute Gasteiger partial charge is 0.383 e. The number of hydrogen-bond donors (Lipinski definition) is 2. The van der Waals surface area contributed by atoms with Gasteiger partial charge in [0.25, 0.3) is 0 Å². The molecule has 1 unspecified atom stereocenters. The highest BCUT2D eigenvalue weighted by Crippen LogP contribution is 2.16. The van der Waals surface area contributed by atoms with Crippen LogP contribution in [0.5, 0.6) is 0 Å². The van der Waals surface area contributed by atoms with Gasteiger partial charge >= 0.3 is 0 Å². The zero-order valence-corrected chi connectivity index (χ0v) is 11.1. The van der Waals surface area contributed by atoms with Crippen LogP contribution in [0.25, 0.3) is 0 Å². The minimum Gasteiger partial charge on any atom is -0.383 e. The van der Waals surface area contributed by atoms with Gasteiger partial charge in [-0.3, -0.25) is 0 Å². The van der Waals surface area contributed by atoms with Gasteiger partial charge in [0.1, 0.15) is 5.01 Å². The van der Waals surface area contributed by atoms with Crippen LogP contribution in [0.15, 0.2) is 5.38 Å². The number of ether oxygens (including phenoxy) is 1. The predicted molar refractivity (Wildman–Crippen MR) is 68.0 cm³/mol. The molecule has 1 atom stereocenters. The highest BCUT2D eigenvalue weighted by Gasteiger charge is 2.07. The third-order valence-corrected chi connectivity index (χ3v) is 3.39. The Morgan fingerprint density at radius 1 is 1.44 bits per heavy atom. The topological polar surface area (TPSA) is 46.2 Å². The second-order valence-electron chi connectivity index (χ2n) is 3.75. The first-order valence-electron chi connectivity index (χ1n) is 5.59. The highest BCUT2D eigenvalue weighted by atomic mass is 32.1. The van der Waals surface area contributed by atoms with E-state index in [-0.39, 0.29) is 0 Å². The summed E-state index contributed by atoms with van der Waals surface area (Å²) in [5.41, 5.74) is 1.10. The standard InChI is InChI=1S/C11H21N3OS/c1-9-8-16-11(14-9)10(2)13-5-4-12-6-7-15-3/h8,10,12-13H,4-7H2,1-3H3. The monoisotopic (exact) mass is 243 g/mol. The molecule has 16 heavy (non-hydrogen) atoms. The second kappa shape index (κ2) is 7.73. The normalized spacial score (nSPS) is 12.9. The average molecular weight is 243 g/mol. The Labute approximate surface area is 101 Å². The summed E-state index contributed by atoms with van der Waals surface area (Å²) >= 11 is 1.72. The number of rotatable bonds is 8. The molecule has 0 aliphatic carbocycles. The van der Waals surface area contributed by atoms with Gasteiger partial charge in [0.15, 0.2) is 0 Å². The Morgan fingerprint density at radius 2 is 2.25 bits per heavy atom. The fourth-order valence-corrected chi connectivity index (χ4v) is 2.16. The van der Waals surface area contributed by atoms with Crippen molar-refractivity contribution < 1.29 is 4.74 Å². The Kier molecular flexibility index (Phi) is 6.56. The van der Waals surface area contributed by atoms with Crippen LogP contribution in [0.1, 0.15) is 23.7 Å². The van der Waals surface area contributed by atoms with Gasteiger partial charge < -0.3 is 15.4 Å². The van der Waals surface area contributed by atoms with E-state index < -0.39 is 0 Å². The SMILES string of the molecule is COCCNCCNC(C)c1nc(C)cs1. The molecule has 0 radical (unpaired) electrons. The molecule has 0 spiro atoms. The van der Waals surface area contributed by atoms with Crippen LogP contribution in [0.2, 0.25) is 0 Å². The molecule has 0 bridgehead atoms. The van der Waals surface area contributed by atoms with E-state index in [0.717, 1.165) is 36.9 Å². The third-order valence-electron chi connectivity index (χ3n) is 2.24. The van der Waals surface area contributed by atoms with Gasteiger partial charge in [-0.15, -0.1) is 11.3 Å². The molecular weight excluding hydrogens is 222 g/mol. The quantitative estimate of drug-likeness (QED) is 0.676. The van der Waals surface area contributed by atoms with E-state index in [2.05, 4.69) is 27.9 Å². The van der Waals surface area contributed by atoms with Gasteiger partial charge in [-0.2, -0.15) is 0 Å². The minimum atomic E-state index is 0.336. The number of aryl methyl sites for hydroxylation is 1. The van der Waals surface area contributed by atoms with Gasteiger partial charge in [0, 0.05) is 37.8 Å². The zero-order chi connectivity index (χ0) is 11.8. The smallest absolute Gasteiger partial charge is 0.110 e. The van der Waals surface area contributed by atoms with E-state index in [9.17, 15) is 0 Å². The molecule has 0 aliphatic heterocycles.